The van der Waals surface area contributed by atoms with Crippen LogP contribution in [0.15, 0.2) is 11.2 Å². The second kappa shape index (κ2) is 7.97. The lowest BCUT2D eigenvalue weighted by Crippen LogP contribution is -2.43. The molecule has 0 spiro atoms. The molecule has 118 valence electrons. The number of nitrogens with one attached hydrogen (secondary N) is 3. The molecule has 0 aromatic carbocycles. The fraction of sp³-hybridized carbons (Fsp3) is 0.643. The summed E-state index contributed by atoms with van der Waals surface area (Å²) in [4.78, 5) is 21.3. The van der Waals surface area contributed by atoms with Crippen LogP contribution in [0, 0.1) is 12.3 Å². The Morgan fingerprint density at radius 3 is 2.48 bits per heavy atom. The van der Waals surface area contributed by atoms with Crippen LogP contribution in [0.3, 0.4) is 0 Å². The van der Waals surface area contributed by atoms with Crippen molar-refractivity contribution in [3.63, 3.8) is 0 Å². The summed E-state index contributed by atoms with van der Waals surface area (Å²) < 4.78 is 0. The molecule has 0 radical (unpaired) electrons. The molecule has 0 aliphatic heterocycles. The van der Waals surface area contributed by atoms with E-state index < -0.39 is 0 Å². The summed E-state index contributed by atoms with van der Waals surface area (Å²) >= 11 is 1.66. The molecule has 6 nitrogen and oxygen atoms in total. The number of aliphatic imine (C=N–C) groups is 1. The highest BCUT2D eigenvalue weighted by Crippen LogP contribution is 2.12. The zero-order valence-electron chi connectivity index (χ0n) is 13.4. The minimum Gasteiger partial charge on any atom is -0.355 e. The van der Waals surface area contributed by atoms with Crippen LogP contribution in [-0.4, -0.2) is 37.0 Å². The maximum atomic E-state index is 11.7. The molecular weight excluding hydrogens is 286 g/mol. The lowest BCUT2D eigenvalue weighted by Gasteiger charge is -2.18. The summed E-state index contributed by atoms with van der Waals surface area (Å²) in [6.07, 6.45) is 1.86. The standard InChI is InChI=1S/C14H25N5OS/c1-10-8-18-11(21-10)9-19-13(15-5)17-7-6-16-12(20)14(2,3)4/h8H,6-7,9H2,1-5H3,(H,16,20)(H2,15,17,19). The Bertz CT molecular complexity index is 490. The van der Waals surface area contributed by atoms with Gasteiger partial charge in [0.25, 0.3) is 0 Å². The van der Waals surface area contributed by atoms with Crippen LogP contribution in [0.4, 0.5) is 0 Å². The van der Waals surface area contributed by atoms with Gasteiger partial charge in [0.05, 0.1) is 6.54 Å². The van der Waals surface area contributed by atoms with E-state index in [0.717, 1.165) is 5.01 Å². The van der Waals surface area contributed by atoms with E-state index in [-0.39, 0.29) is 11.3 Å². The van der Waals surface area contributed by atoms with Crippen LogP contribution in [0.1, 0.15) is 30.7 Å². The molecule has 0 saturated carbocycles. The van der Waals surface area contributed by atoms with Crippen LogP contribution in [0.5, 0.6) is 0 Å². The third-order valence-corrected chi connectivity index (χ3v) is 3.60. The van der Waals surface area contributed by atoms with Crippen LogP contribution in [-0.2, 0) is 11.3 Å². The monoisotopic (exact) mass is 311 g/mol. The molecule has 1 amide bonds. The average molecular weight is 311 g/mol. The van der Waals surface area contributed by atoms with Crippen molar-refractivity contribution in [3.8, 4) is 0 Å². The summed E-state index contributed by atoms with van der Waals surface area (Å²) in [6, 6.07) is 0. The van der Waals surface area contributed by atoms with Gasteiger partial charge in [0.15, 0.2) is 5.96 Å². The van der Waals surface area contributed by atoms with E-state index in [2.05, 4.69) is 25.9 Å². The number of hydrogen-bond acceptors (Lipinski definition) is 4. The largest absolute Gasteiger partial charge is 0.355 e. The quantitative estimate of drug-likeness (QED) is 0.435. The van der Waals surface area contributed by atoms with Crippen molar-refractivity contribution in [2.75, 3.05) is 20.1 Å². The van der Waals surface area contributed by atoms with Crippen molar-refractivity contribution in [1.82, 2.24) is 20.9 Å². The van der Waals surface area contributed by atoms with E-state index in [0.29, 0.717) is 25.6 Å². The van der Waals surface area contributed by atoms with Crippen molar-refractivity contribution < 1.29 is 4.79 Å². The van der Waals surface area contributed by atoms with Gasteiger partial charge >= 0.3 is 0 Å². The third-order valence-electron chi connectivity index (χ3n) is 2.68. The first-order chi connectivity index (χ1) is 9.82. The highest BCUT2D eigenvalue weighted by molar-refractivity contribution is 7.11. The number of carbonyl (C=O) groups is 1. The average Bonchev–Trinajstić information content (AvgIpc) is 2.82. The topological polar surface area (TPSA) is 78.4 Å². The van der Waals surface area contributed by atoms with Gasteiger partial charge in [0.2, 0.25) is 5.91 Å². The normalized spacial score (nSPS) is 12.1. The van der Waals surface area contributed by atoms with Gasteiger partial charge in [0.1, 0.15) is 5.01 Å². The van der Waals surface area contributed by atoms with Crippen molar-refractivity contribution >= 4 is 23.2 Å². The van der Waals surface area contributed by atoms with Gasteiger partial charge in [-0.15, -0.1) is 11.3 Å². The molecule has 1 aromatic rings. The van der Waals surface area contributed by atoms with Crippen LogP contribution >= 0.6 is 11.3 Å². The Balaban J connectivity index is 2.24. The van der Waals surface area contributed by atoms with E-state index in [1.165, 1.54) is 4.88 Å². The van der Waals surface area contributed by atoms with Gasteiger partial charge < -0.3 is 16.0 Å². The van der Waals surface area contributed by atoms with E-state index in [1.807, 2.05) is 33.9 Å². The molecular formula is C14H25N5OS. The molecule has 21 heavy (non-hydrogen) atoms. The van der Waals surface area contributed by atoms with Gasteiger partial charge in [-0.25, -0.2) is 4.98 Å². The molecule has 0 fully saturated rings. The first kappa shape index (κ1) is 17.4. The van der Waals surface area contributed by atoms with Crippen molar-refractivity contribution in [2.45, 2.75) is 34.2 Å². The Morgan fingerprint density at radius 1 is 1.29 bits per heavy atom. The Hall–Kier alpha value is -1.63. The van der Waals surface area contributed by atoms with Gasteiger partial charge in [0, 0.05) is 36.6 Å². The summed E-state index contributed by atoms with van der Waals surface area (Å²) in [7, 11) is 1.72. The highest BCUT2D eigenvalue weighted by atomic mass is 32.1. The SMILES string of the molecule is CN=C(NCCNC(=O)C(C)(C)C)NCc1ncc(C)s1. The zero-order valence-corrected chi connectivity index (χ0v) is 14.2. The first-order valence-corrected chi connectivity index (χ1v) is 7.78. The number of aryl methyl sites for hydroxylation is 1. The molecule has 0 saturated heterocycles. The van der Waals surface area contributed by atoms with Crippen LogP contribution in [0.2, 0.25) is 0 Å². The first-order valence-electron chi connectivity index (χ1n) is 6.97. The molecule has 1 aromatic heterocycles. The molecule has 7 heteroatoms. The summed E-state index contributed by atoms with van der Waals surface area (Å²) in [5, 5.41) is 10.3. The maximum absolute atomic E-state index is 11.7. The van der Waals surface area contributed by atoms with Gasteiger partial charge in [-0.2, -0.15) is 0 Å². The van der Waals surface area contributed by atoms with E-state index in [1.54, 1.807) is 18.4 Å². The van der Waals surface area contributed by atoms with Crippen molar-refractivity contribution in [2.24, 2.45) is 10.4 Å². The Kier molecular flexibility index (Phi) is 6.61. The zero-order chi connectivity index (χ0) is 15.9. The number of thiazole rings is 1. The predicted molar refractivity (Wildman–Crippen MR) is 87.5 cm³/mol. The fourth-order valence-corrected chi connectivity index (χ4v) is 2.21. The molecule has 0 atom stereocenters. The number of nitrogens with zero attached hydrogens (tertiary/aromatic N) is 2. The maximum Gasteiger partial charge on any atom is 0.225 e. The second-order valence-corrected chi connectivity index (χ2v) is 7.04. The molecule has 0 bridgehead atoms. The number of hydrogen-bond donors (Lipinski definition) is 3. The third kappa shape index (κ3) is 6.57. The van der Waals surface area contributed by atoms with Crippen molar-refractivity contribution in [3.05, 3.63) is 16.1 Å². The summed E-state index contributed by atoms with van der Waals surface area (Å²) in [6.45, 7) is 9.55. The number of rotatable bonds is 5. The lowest BCUT2D eigenvalue weighted by molar-refractivity contribution is -0.128. The predicted octanol–water partition coefficient (Wildman–Crippen LogP) is 1.28. The summed E-state index contributed by atoms with van der Waals surface area (Å²) in [5.41, 5.74) is -0.359. The smallest absolute Gasteiger partial charge is 0.225 e. The van der Waals surface area contributed by atoms with E-state index >= 15 is 0 Å². The Labute approximate surface area is 130 Å². The number of guanidine groups is 1. The molecule has 1 heterocycles. The molecule has 3 N–H and O–H groups in total. The minimum absolute atomic E-state index is 0.0468. The van der Waals surface area contributed by atoms with Crippen LogP contribution < -0.4 is 16.0 Å². The van der Waals surface area contributed by atoms with E-state index in [9.17, 15) is 4.79 Å². The number of carbonyl (C=O) groups excluding carboxylic acids is 1. The van der Waals surface area contributed by atoms with E-state index in [4.69, 9.17) is 0 Å². The lowest BCUT2D eigenvalue weighted by atomic mass is 9.96. The summed E-state index contributed by atoms with van der Waals surface area (Å²) in [5.74, 6) is 0.748. The number of aromatic nitrogens is 1. The van der Waals surface area contributed by atoms with Crippen molar-refractivity contribution in [1.29, 1.82) is 0 Å². The van der Waals surface area contributed by atoms with Gasteiger partial charge in [-0.1, -0.05) is 20.8 Å². The number of amides is 1. The molecule has 0 aliphatic carbocycles. The second-order valence-electron chi connectivity index (χ2n) is 5.72. The molecule has 1 rings (SSSR count). The van der Waals surface area contributed by atoms with Crippen LogP contribution in [0.25, 0.3) is 0 Å². The Morgan fingerprint density at radius 2 is 1.95 bits per heavy atom. The highest BCUT2D eigenvalue weighted by Gasteiger charge is 2.20. The van der Waals surface area contributed by atoms with Gasteiger partial charge in [-0.05, 0) is 6.92 Å². The molecule has 0 aliphatic rings. The minimum atomic E-state index is -0.359. The van der Waals surface area contributed by atoms with Gasteiger partial charge in [-0.3, -0.25) is 9.79 Å². The molecule has 0 unspecified atom stereocenters. The fourth-order valence-electron chi connectivity index (χ4n) is 1.49.